The summed E-state index contributed by atoms with van der Waals surface area (Å²) >= 11 is 0. The molecule has 0 amide bonds. The molecular formula is C11H22O. The molecule has 2 unspecified atom stereocenters. The third-order valence-corrected chi connectivity index (χ3v) is 2.35. The molecule has 0 saturated heterocycles. The molecule has 0 aromatic heterocycles. The van der Waals surface area contributed by atoms with Gasteiger partial charge in [-0.2, -0.15) is 0 Å². The molecule has 72 valence electrons. The molecule has 0 aromatic carbocycles. The van der Waals surface area contributed by atoms with Gasteiger partial charge in [0.1, 0.15) is 6.29 Å². The van der Waals surface area contributed by atoms with E-state index in [1.807, 2.05) is 0 Å². The highest BCUT2D eigenvalue weighted by atomic mass is 16.1. The number of unbranched alkanes of at least 4 members (excludes halogenated alkanes) is 1. The fourth-order valence-corrected chi connectivity index (χ4v) is 1.62. The maximum Gasteiger partial charge on any atom is 0.120 e. The minimum Gasteiger partial charge on any atom is -0.303 e. The van der Waals surface area contributed by atoms with Crippen molar-refractivity contribution in [2.45, 2.75) is 52.9 Å². The maximum absolute atomic E-state index is 10.2. The summed E-state index contributed by atoms with van der Waals surface area (Å²) in [5.41, 5.74) is 0. The summed E-state index contributed by atoms with van der Waals surface area (Å²) in [7, 11) is 0. The average Bonchev–Trinajstić information content (AvgIpc) is 2.01. The predicted molar refractivity (Wildman–Crippen MR) is 53.2 cm³/mol. The zero-order chi connectivity index (χ0) is 9.40. The van der Waals surface area contributed by atoms with E-state index in [2.05, 4.69) is 20.8 Å². The number of hydrogen-bond acceptors (Lipinski definition) is 1. The van der Waals surface area contributed by atoms with Crippen molar-refractivity contribution in [2.24, 2.45) is 11.8 Å². The molecule has 12 heavy (non-hydrogen) atoms. The van der Waals surface area contributed by atoms with Gasteiger partial charge in [-0.1, -0.05) is 40.0 Å². The van der Waals surface area contributed by atoms with E-state index in [-0.39, 0.29) is 0 Å². The average molecular weight is 170 g/mol. The lowest BCUT2D eigenvalue weighted by atomic mass is 9.92. The van der Waals surface area contributed by atoms with Gasteiger partial charge in [0.05, 0.1) is 0 Å². The van der Waals surface area contributed by atoms with Gasteiger partial charge in [-0.05, 0) is 18.3 Å². The van der Waals surface area contributed by atoms with Crippen molar-refractivity contribution in [1.82, 2.24) is 0 Å². The highest BCUT2D eigenvalue weighted by Gasteiger charge is 2.07. The minimum absolute atomic E-state index is 0.578. The summed E-state index contributed by atoms with van der Waals surface area (Å²) in [6.45, 7) is 6.68. The van der Waals surface area contributed by atoms with Crippen LogP contribution in [0.25, 0.3) is 0 Å². The van der Waals surface area contributed by atoms with E-state index >= 15 is 0 Å². The number of hydrogen-bond donors (Lipinski definition) is 0. The van der Waals surface area contributed by atoms with E-state index in [4.69, 9.17) is 0 Å². The Morgan fingerprint density at radius 1 is 1.25 bits per heavy atom. The van der Waals surface area contributed by atoms with Gasteiger partial charge in [0, 0.05) is 6.42 Å². The molecule has 0 aliphatic carbocycles. The summed E-state index contributed by atoms with van der Waals surface area (Å²) in [6.07, 6.45) is 6.91. The second-order valence-electron chi connectivity index (χ2n) is 3.99. The van der Waals surface area contributed by atoms with Crippen LogP contribution in [0.4, 0.5) is 0 Å². The Labute approximate surface area is 76.6 Å². The maximum atomic E-state index is 10.2. The van der Waals surface area contributed by atoms with Gasteiger partial charge in [-0.3, -0.25) is 0 Å². The summed E-state index contributed by atoms with van der Waals surface area (Å²) < 4.78 is 0. The van der Waals surface area contributed by atoms with E-state index < -0.39 is 0 Å². The van der Waals surface area contributed by atoms with Gasteiger partial charge >= 0.3 is 0 Å². The van der Waals surface area contributed by atoms with Crippen molar-refractivity contribution in [3.8, 4) is 0 Å². The van der Waals surface area contributed by atoms with E-state index in [0.29, 0.717) is 5.92 Å². The lowest BCUT2D eigenvalue weighted by Gasteiger charge is -2.14. The Hall–Kier alpha value is -0.330. The summed E-state index contributed by atoms with van der Waals surface area (Å²) in [4.78, 5) is 10.2. The lowest BCUT2D eigenvalue weighted by molar-refractivity contribution is -0.108. The molecule has 1 heteroatoms. The molecule has 1 nitrogen and oxygen atoms in total. The Balaban J connectivity index is 3.39. The van der Waals surface area contributed by atoms with Crippen molar-refractivity contribution in [2.75, 3.05) is 0 Å². The highest BCUT2D eigenvalue weighted by molar-refractivity contribution is 5.49. The van der Waals surface area contributed by atoms with Crippen LogP contribution in [0.2, 0.25) is 0 Å². The lowest BCUT2D eigenvalue weighted by Crippen LogP contribution is -2.03. The van der Waals surface area contributed by atoms with Gasteiger partial charge in [-0.25, -0.2) is 0 Å². The predicted octanol–water partition coefficient (Wildman–Crippen LogP) is 3.43. The van der Waals surface area contributed by atoms with Crippen molar-refractivity contribution in [3.05, 3.63) is 0 Å². The van der Waals surface area contributed by atoms with Gasteiger partial charge in [0.2, 0.25) is 0 Å². The molecule has 0 heterocycles. The van der Waals surface area contributed by atoms with Gasteiger partial charge < -0.3 is 4.79 Å². The Kier molecular flexibility index (Phi) is 7.12. The van der Waals surface area contributed by atoms with Gasteiger partial charge in [-0.15, -0.1) is 0 Å². The SMILES string of the molecule is CCCCC(C)CC(C)CC=O. The van der Waals surface area contributed by atoms with Crippen LogP contribution in [-0.4, -0.2) is 6.29 Å². The van der Waals surface area contributed by atoms with Gasteiger partial charge in [0.25, 0.3) is 0 Å². The molecule has 0 fully saturated rings. The summed E-state index contributed by atoms with van der Waals surface area (Å²) in [5.74, 6) is 1.37. The number of carbonyl (C=O) groups excluding carboxylic acids is 1. The van der Waals surface area contributed by atoms with E-state index in [1.54, 1.807) is 0 Å². The van der Waals surface area contributed by atoms with Crippen LogP contribution in [0.5, 0.6) is 0 Å². The second kappa shape index (κ2) is 7.33. The normalized spacial score (nSPS) is 15.6. The van der Waals surface area contributed by atoms with Crippen LogP contribution in [0.15, 0.2) is 0 Å². The smallest absolute Gasteiger partial charge is 0.120 e. The summed E-state index contributed by atoms with van der Waals surface area (Å²) in [6, 6.07) is 0. The molecule has 0 bridgehead atoms. The van der Waals surface area contributed by atoms with E-state index in [9.17, 15) is 4.79 Å². The zero-order valence-corrected chi connectivity index (χ0v) is 8.68. The van der Waals surface area contributed by atoms with Crippen LogP contribution >= 0.6 is 0 Å². The Bertz CT molecular complexity index is 110. The molecular weight excluding hydrogens is 148 g/mol. The second-order valence-corrected chi connectivity index (χ2v) is 3.99. The topological polar surface area (TPSA) is 17.1 Å². The van der Waals surface area contributed by atoms with E-state index in [1.165, 1.54) is 25.7 Å². The molecule has 0 rings (SSSR count). The molecule has 0 spiro atoms. The van der Waals surface area contributed by atoms with Crippen molar-refractivity contribution < 1.29 is 4.79 Å². The molecule has 0 aromatic rings. The zero-order valence-electron chi connectivity index (χ0n) is 8.68. The first-order valence-corrected chi connectivity index (χ1v) is 5.14. The first-order valence-electron chi connectivity index (χ1n) is 5.14. The monoisotopic (exact) mass is 170 g/mol. The summed E-state index contributed by atoms with van der Waals surface area (Å²) in [5, 5.41) is 0. The molecule has 0 N–H and O–H groups in total. The standard InChI is InChI=1S/C11H22O/c1-4-5-6-10(2)9-11(3)7-8-12/h8,10-11H,4-7,9H2,1-3H3. The third-order valence-electron chi connectivity index (χ3n) is 2.35. The van der Waals surface area contributed by atoms with E-state index in [0.717, 1.165) is 18.6 Å². The third kappa shape index (κ3) is 6.38. The van der Waals surface area contributed by atoms with Crippen LogP contribution in [0.1, 0.15) is 52.9 Å². The number of carbonyl (C=O) groups is 1. The molecule has 2 atom stereocenters. The first kappa shape index (κ1) is 11.7. The van der Waals surface area contributed by atoms with Crippen LogP contribution in [-0.2, 0) is 4.79 Å². The number of rotatable bonds is 7. The Morgan fingerprint density at radius 3 is 2.42 bits per heavy atom. The molecule has 0 aliphatic heterocycles. The minimum atomic E-state index is 0.578. The first-order chi connectivity index (χ1) is 5.70. The quantitative estimate of drug-likeness (QED) is 0.535. The number of aldehydes is 1. The highest BCUT2D eigenvalue weighted by Crippen LogP contribution is 2.18. The Morgan fingerprint density at radius 2 is 1.92 bits per heavy atom. The van der Waals surface area contributed by atoms with Crippen molar-refractivity contribution in [1.29, 1.82) is 0 Å². The van der Waals surface area contributed by atoms with Crippen LogP contribution in [0.3, 0.4) is 0 Å². The van der Waals surface area contributed by atoms with Gasteiger partial charge in [0.15, 0.2) is 0 Å². The van der Waals surface area contributed by atoms with Crippen molar-refractivity contribution in [3.63, 3.8) is 0 Å². The van der Waals surface area contributed by atoms with Crippen LogP contribution in [0, 0.1) is 11.8 Å². The molecule has 0 saturated carbocycles. The fourth-order valence-electron chi connectivity index (χ4n) is 1.62. The molecule has 0 radical (unpaired) electrons. The largest absolute Gasteiger partial charge is 0.303 e. The molecule has 0 aliphatic rings. The fraction of sp³-hybridized carbons (Fsp3) is 0.909. The van der Waals surface area contributed by atoms with Crippen molar-refractivity contribution >= 4 is 6.29 Å². The van der Waals surface area contributed by atoms with Crippen LogP contribution < -0.4 is 0 Å².